The van der Waals surface area contributed by atoms with Gasteiger partial charge in [0.05, 0.1) is 25.4 Å². The largest absolute Gasteiger partial charge is 0.389 e. The molecule has 2 aromatic rings. The van der Waals surface area contributed by atoms with Gasteiger partial charge in [-0.2, -0.15) is 0 Å². The Labute approximate surface area is 147 Å². The van der Waals surface area contributed by atoms with Crippen LogP contribution in [-0.4, -0.2) is 65.4 Å². The standard InChI is InChI=1S/C19H25N3O3/c23-18-15(6-3-7-17(18)22-8-10-25-11-9-22)21-19(24)16-12-13-4-1-2-5-14(13)20-16/h1-2,4-5,12,15,17-18,20,23H,3,6-11H2,(H,21,24)/t15-,17-,18-/m1/s1. The zero-order valence-electron chi connectivity index (χ0n) is 14.3. The predicted molar refractivity (Wildman–Crippen MR) is 95.6 cm³/mol. The molecule has 2 aliphatic rings. The van der Waals surface area contributed by atoms with Crippen LogP contribution in [0.15, 0.2) is 30.3 Å². The van der Waals surface area contributed by atoms with E-state index in [1.54, 1.807) is 0 Å². The van der Waals surface area contributed by atoms with E-state index in [-0.39, 0.29) is 18.0 Å². The molecule has 4 rings (SSSR count). The number of para-hydroxylation sites is 1. The number of fused-ring (bicyclic) bond motifs is 1. The number of amides is 1. The van der Waals surface area contributed by atoms with Crippen molar-refractivity contribution >= 4 is 16.8 Å². The first-order valence-electron chi connectivity index (χ1n) is 9.11. The summed E-state index contributed by atoms with van der Waals surface area (Å²) in [5.41, 5.74) is 1.49. The van der Waals surface area contributed by atoms with E-state index in [0.717, 1.165) is 56.5 Å². The molecule has 3 N–H and O–H groups in total. The van der Waals surface area contributed by atoms with E-state index in [1.807, 2.05) is 30.3 Å². The van der Waals surface area contributed by atoms with Gasteiger partial charge >= 0.3 is 0 Å². The molecule has 0 radical (unpaired) electrons. The van der Waals surface area contributed by atoms with Gasteiger partial charge < -0.3 is 20.1 Å². The molecular weight excluding hydrogens is 318 g/mol. The molecule has 6 nitrogen and oxygen atoms in total. The fraction of sp³-hybridized carbons (Fsp3) is 0.526. The van der Waals surface area contributed by atoms with Crippen LogP contribution in [0.1, 0.15) is 29.8 Å². The Balaban J connectivity index is 1.44. The van der Waals surface area contributed by atoms with Crippen molar-refractivity contribution in [1.29, 1.82) is 0 Å². The van der Waals surface area contributed by atoms with Gasteiger partial charge in [0.2, 0.25) is 0 Å². The number of benzene rings is 1. The Hall–Kier alpha value is -1.89. The number of aliphatic hydroxyl groups excluding tert-OH is 1. The van der Waals surface area contributed by atoms with Crippen molar-refractivity contribution in [2.75, 3.05) is 26.3 Å². The van der Waals surface area contributed by atoms with Crippen molar-refractivity contribution in [1.82, 2.24) is 15.2 Å². The molecule has 25 heavy (non-hydrogen) atoms. The van der Waals surface area contributed by atoms with E-state index in [9.17, 15) is 9.90 Å². The molecule has 1 saturated heterocycles. The number of H-pyrrole nitrogens is 1. The number of ether oxygens (including phenoxy) is 1. The van der Waals surface area contributed by atoms with E-state index >= 15 is 0 Å². The molecule has 0 spiro atoms. The number of rotatable bonds is 3. The zero-order chi connectivity index (χ0) is 17.2. The number of carbonyl (C=O) groups is 1. The topological polar surface area (TPSA) is 77.6 Å². The van der Waals surface area contributed by atoms with E-state index in [4.69, 9.17) is 4.74 Å². The van der Waals surface area contributed by atoms with Crippen molar-refractivity contribution in [3.63, 3.8) is 0 Å². The summed E-state index contributed by atoms with van der Waals surface area (Å²) in [5.74, 6) is -0.150. The number of hydrogen-bond donors (Lipinski definition) is 3. The fourth-order valence-corrected chi connectivity index (χ4v) is 4.06. The first kappa shape index (κ1) is 16.6. The van der Waals surface area contributed by atoms with E-state index in [0.29, 0.717) is 5.69 Å². The lowest BCUT2D eigenvalue weighted by Crippen LogP contribution is -2.58. The maximum atomic E-state index is 12.6. The molecule has 1 aliphatic carbocycles. The van der Waals surface area contributed by atoms with E-state index in [1.165, 1.54) is 0 Å². The molecule has 1 aromatic carbocycles. The summed E-state index contributed by atoms with van der Waals surface area (Å²) in [7, 11) is 0. The lowest BCUT2D eigenvalue weighted by molar-refractivity contribution is -0.0459. The maximum Gasteiger partial charge on any atom is 0.268 e. The highest BCUT2D eigenvalue weighted by atomic mass is 16.5. The monoisotopic (exact) mass is 343 g/mol. The van der Waals surface area contributed by atoms with Crippen molar-refractivity contribution in [3.8, 4) is 0 Å². The minimum absolute atomic E-state index is 0.102. The molecule has 1 saturated carbocycles. The number of aromatic amines is 1. The van der Waals surface area contributed by atoms with Crippen LogP contribution >= 0.6 is 0 Å². The Morgan fingerprint density at radius 1 is 1.24 bits per heavy atom. The van der Waals surface area contributed by atoms with Gasteiger partial charge in [-0.3, -0.25) is 9.69 Å². The highest BCUT2D eigenvalue weighted by molar-refractivity contribution is 5.98. The van der Waals surface area contributed by atoms with Gasteiger partial charge in [-0.25, -0.2) is 0 Å². The summed E-state index contributed by atoms with van der Waals surface area (Å²) in [4.78, 5) is 18.1. The molecule has 0 unspecified atom stereocenters. The molecule has 0 bridgehead atoms. The van der Waals surface area contributed by atoms with Crippen LogP contribution in [0.25, 0.3) is 10.9 Å². The normalized spacial score (nSPS) is 28.1. The average Bonchev–Trinajstić information content (AvgIpc) is 3.08. The van der Waals surface area contributed by atoms with Gasteiger partial charge in [0.15, 0.2) is 0 Å². The lowest BCUT2D eigenvalue weighted by Gasteiger charge is -2.42. The highest BCUT2D eigenvalue weighted by Crippen LogP contribution is 2.25. The van der Waals surface area contributed by atoms with Crippen molar-refractivity contribution < 1.29 is 14.6 Å². The third-order valence-electron chi connectivity index (χ3n) is 5.43. The summed E-state index contributed by atoms with van der Waals surface area (Å²) in [6.45, 7) is 3.14. The molecule has 1 aromatic heterocycles. The Morgan fingerprint density at radius 3 is 2.84 bits per heavy atom. The van der Waals surface area contributed by atoms with Crippen LogP contribution in [0.5, 0.6) is 0 Å². The summed E-state index contributed by atoms with van der Waals surface area (Å²) < 4.78 is 5.41. The van der Waals surface area contributed by atoms with Gasteiger partial charge in [0.1, 0.15) is 5.69 Å². The van der Waals surface area contributed by atoms with Gasteiger partial charge in [-0.15, -0.1) is 0 Å². The van der Waals surface area contributed by atoms with E-state index < -0.39 is 6.10 Å². The molecule has 1 aliphatic heterocycles. The molecular formula is C19H25N3O3. The van der Waals surface area contributed by atoms with Gasteiger partial charge in [-0.1, -0.05) is 18.2 Å². The number of nitrogens with one attached hydrogen (secondary N) is 2. The number of aromatic nitrogens is 1. The molecule has 2 fully saturated rings. The van der Waals surface area contributed by atoms with Crippen LogP contribution < -0.4 is 5.32 Å². The third-order valence-corrected chi connectivity index (χ3v) is 5.43. The van der Waals surface area contributed by atoms with Crippen molar-refractivity contribution in [3.05, 3.63) is 36.0 Å². The van der Waals surface area contributed by atoms with Crippen LogP contribution in [0, 0.1) is 0 Å². The summed E-state index contributed by atoms with van der Waals surface area (Å²) >= 11 is 0. The molecule has 6 heteroatoms. The minimum Gasteiger partial charge on any atom is -0.389 e. The van der Waals surface area contributed by atoms with Crippen molar-refractivity contribution in [2.45, 2.75) is 37.5 Å². The summed E-state index contributed by atoms with van der Waals surface area (Å²) in [5, 5.41) is 14.9. The Bertz CT molecular complexity index is 705. The highest BCUT2D eigenvalue weighted by Gasteiger charge is 2.36. The number of carbonyl (C=O) groups excluding carboxylic acids is 1. The second kappa shape index (κ2) is 7.15. The molecule has 1 amide bonds. The fourth-order valence-electron chi connectivity index (χ4n) is 4.06. The van der Waals surface area contributed by atoms with Gasteiger partial charge in [-0.05, 0) is 31.4 Å². The summed E-state index contributed by atoms with van der Waals surface area (Å²) in [6, 6.07) is 9.58. The zero-order valence-corrected chi connectivity index (χ0v) is 14.3. The Morgan fingerprint density at radius 2 is 2.04 bits per heavy atom. The number of hydrogen-bond acceptors (Lipinski definition) is 4. The summed E-state index contributed by atoms with van der Waals surface area (Å²) in [6.07, 6.45) is 2.25. The molecule has 3 atom stereocenters. The maximum absolute atomic E-state index is 12.6. The predicted octanol–water partition coefficient (Wildman–Crippen LogP) is 1.51. The average molecular weight is 343 g/mol. The van der Waals surface area contributed by atoms with Crippen LogP contribution in [0.4, 0.5) is 0 Å². The lowest BCUT2D eigenvalue weighted by atomic mass is 9.86. The number of nitrogens with zero attached hydrogens (tertiary/aromatic N) is 1. The van der Waals surface area contributed by atoms with Crippen molar-refractivity contribution in [2.24, 2.45) is 0 Å². The SMILES string of the molecule is O=C(N[C@@H]1CCC[C@@H](N2CCOCC2)[C@@H]1O)c1cc2ccccc2[nH]1. The van der Waals surface area contributed by atoms with Crippen LogP contribution in [0.2, 0.25) is 0 Å². The number of morpholine rings is 1. The Kier molecular flexibility index (Phi) is 4.74. The first-order valence-corrected chi connectivity index (χ1v) is 9.11. The minimum atomic E-state index is -0.542. The van der Waals surface area contributed by atoms with Gasteiger partial charge in [0.25, 0.3) is 5.91 Å². The molecule has 2 heterocycles. The first-order chi connectivity index (χ1) is 12.2. The third kappa shape index (κ3) is 3.42. The second-order valence-corrected chi connectivity index (χ2v) is 6.99. The molecule has 134 valence electrons. The quantitative estimate of drug-likeness (QED) is 0.789. The smallest absolute Gasteiger partial charge is 0.268 e. The van der Waals surface area contributed by atoms with Gasteiger partial charge in [0, 0.05) is 30.0 Å². The van der Waals surface area contributed by atoms with E-state index in [2.05, 4.69) is 15.2 Å². The second-order valence-electron chi connectivity index (χ2n) is 6.99. The van der Waals surface area contributed by atoms with Crippen LogP contribution in [-0.2, 0) is 4.74 Å². The number of aliphatic hydroxyl groups is 1. The van der Waals surface area contributed by atoms with Crippen LogP contribution in [0.3, 0.4) is 0 Å².